The average molecular weight is 238 g/mol. The SMILES string of the molecule is CCC[C@H](CC)Oc1ccc(C#N)c(Cl)c1. The maximum atomic E-state index is 8.75. The first-order chi connectivity index (χ1) is 7.71. The van der Waals surface area contributed by atoms with E-state index in [2.05, 4.69) is 13.8 Å². The van der Waals surface area contributed by atoms with Gasteiger partial charge in [0.05, 0.1) is 16.7 Å². The van der Waals surface area contributed by atoms with Crippen molar-refractivity contribution in [2.24, 2.45) is 0 Å². The van der Waals surface area contributed by atoms with Crippen LogP contribution in [0.1, 0.15) is 38.7 Å². The number of hydrogen-bond acceptors (Lipinski definition) is 2. The lowest BCUT2D eigenvalue weighted by molar-refractivity contribution is 0.186. The topological polar surface area (TPSA) is 33.0 Å². The third-order valence-electron chi connectivity index (χ3n) is 2.43. The Hall–Kier alpha value is -1.20. The van der Waals surface area contributed by atoms with Crippen molar-refractivity contribution in [1.82, 2.24) is 0 Å². The van der Waals surface area contributed by atoms with Crippen LogP contribution in [-0.4, -0.2) is 6.10 Å². The molecule has 1 aromatic rings. The zero-order valence-electron chi connectivity index (χ0n) is 9.66. The van der Waals surface area contributed by atoms with E-state index in [4.69, 9.17) is 21.6 Å². The molecule has 0 aromatic heterocycles. The van der Waals surface area contributed by atoms with Gasteiger partial charge in [-0.3, -0.25) is 0 Å². The minimum Gasteiger partial charge on any atom is -0.490 e. The van der Waals surface area contributed by atoms with Crippen molar-refractivity contribution in [2.75, 3.05) is 0 Å². The minimum absolute atomic E-state index is 0.231. The molecule has 0 spiro atoms. The van der Waals surface area contributed by atoms with Gasteiger partial charge in [-0.15, -0.1) is 0 Å². The highest BCUT2D eigenvalue weighted by atomic mass is 35.5. The van der Waals surface area contributed by atoms with Gasteiger partial charge in [0.1, 0.15) is 11.8 Å². The highest BCUT2D eigenvalue weighted by molar-refractivity contribution is 6.31. The van der Waals surface area contributed by atoms with Gasteiger partial charge in [0, 0.05) is 6.07 Å². The van der Waals surface area contributed by atoms with Gasteiger partial charge in [-0.25, -0.2) is 0 Å². The van der Waals surface area contributed by atoms with E-state index >= 15 is 0 Å². The largest absolute Gasteiger partial charge is 0.490 e. The van der Waals surface area contributed by atoms with Crippen molar-refractivity contribution in [2.45, 2.75) is 39.2 Å². The normalized spacial score (nSPS) is 11.9. The fourth-order valence-electron chi connectivity index (χ4n) is 1.52. The number of hydrogen-bond donors (Lipinski definition) is 0. The van der Waals surface area contributed by atoms with Gasteiger partial charge >= 0.3 is 0 Å². The number of nitrogens with zero attached hydrogens (tertiary/aromatic N) is 1. The zero-order chi connectivity index (χ0) is 12.0. The molecule has 0 unspecified atom stereocenters. The molecule has 0 radical (unpaired) electrons. The molecular formula is C13H16ClNO. The highest BCUT2D eigenvalue weighted by Gasteiger charge is 2.08. The Morgan fingerprint density at radius 1 is 1.44 bits per heavy atom. The van der Waals surface area contributed by atoms with Crippen molar-refractivity contribution in [3.8, 4) is 11.8 Å². The van der Waals surface area contributed by atoms with Gasteiger partial charge in [0.25, 0.3) is 0 Å². The Morgan fingerprint density at radius 2 is 2.19 bits per heavy atom. The van der Waals surface area contributed by atoms with E-state index in [1.54, 1.807) is 18.2 Å². The molecule has 0 aliphatic carbocycles. The van der Waals surface area contributed by atoms with Crippen molar-refractivity contribution >= 4 is 11.6 Å². The van der Waals surface area contributed by atoms with E-state index in [0.29, 0.717) is 10.6 Å². The Labute approximate surface area is 102 Å². The Morgan fingerprint density at radius 3 is 2.69 bits per heavy atom. The number of ether oxygens (including phenoxy) is 1. The maximum absolute atomic E-state index is 8.75. The van der Waals surface area contributed by atoms with Gasteiger partial charge in [-0.1, -0.05) is 31.9 Å². The fourth-order valence-corrected chi connectivity index (χ4v) is 1.73. The van der Waals surface area contributed by atoms with E-state index in [0.717, 1.165) is 25.0 Å². The molecule has 0 aliphatic heterocycles. The van der Waals surface area contributed by atoms with Crippen molar-refractivity contribution < 1.29 is 4.74 Å². The summed E-state index contributed by atoms with van der Waals surface area (Å²) < 4.78 is 5.79. The highest BCUT2D eigenvalue weighted by Crippen LogP contribution is 2.23. The summed E-state index contributed by atoms with van der Waals surface area (Å²) in [5, 5.41) is 9.20. The van der Waals surface area contributed by atoms with Crippen LogP contribution in [0.2, 0.25) is 5.02 Å². The molecule has 86 valence electrons. The summed E-state index contributed by atoms with van der Waals surface area (Å²) in [4.78, 5) is 0. The molecule has 1 rings (SSSR count). The number of nitriles is 1. The Kier molecular flexibility index (Phi) is 5.14. The molecular weight excluding hydrogens is 222 g/mol. The number of halogens is 1. The van der Waals surface area contributed by atoms with Crippen LogP contribution >= 0.6 is 11.6 Å². The number of benzene rings is 1. The van der Waals surface area contributed by atoms with E-state index in [1.165, 1.54) is 0 Å². The summed E-state index contributed by atoms with van der Waals surface area (Å²) in [5.74, 6) is 0.740. The second-order valence-corrected chi connectivity index (χ2v) is 4.10. The van der Waals surface area contributed by atoms with Crippen LogP contribution in [0.3, 0.4) is 0 Å². The van der Waals surface area contributed by atoms with E-state index in [1.807, 2.05) is 6.07 Å². The smallest absolute Gasteiger partial charge is 0.121 e. The molecule has 0 N–H and O–H groups in total. The lowest BCUT2D eigenvalue weighted by Gasteiger charge is -2.16. The summed E-state index contributed by atoms with van der Waals surface area (Å²) >= 11 is 5.93. The van der Waals surface area contributed by atoms with Gasteiger partial charge in [0.2, 0.25) is 0 Å². The van der Waals surface area contributed by atoms with Crippen molar-refractivity contribution in [3.63, 3.8) is 0 Å². The third kappa shape index (κ3) is 3.43. The van der Waals surface area contributed by atoms with Crippen LogP contribution in [0.15, 0.2) is 18.2 Å². The summed E-state index contributed by atoms with van der Waals surface area (Å²) in [6.07, 6.45) is 3.34. The van der Waals surface area contributed by atoms with Crippen LogP contribution in [0, 0.1) is 11.3 Å². The second-order valence-electron chi connectivity index (χ2n) is 3.69. The zero-order valence-corrected chi connectivity index (χ0v) is 10.4. The van der Waals surface area contributed by atoms with Crippen LogP contribution in [0.5, 0.6) is 5.75 Å². The first kappa shape index (κ1) is 12.9. The molecule has 2 nitrogen and oxygen atoms in total. The first-order valence-corrected chi connectivity index (χ1v) is 5.95. The number of rotatable bonds is 5. The molecule has 0 saturated heterocycles. The van der Waals surface area contributed by atoms with Crippen LogP contribution in [0.4, 0.5) is 0 Å². The predicted molar refractivity (Wildman–Crippen MR) is 65.8 cm³/mol. The quantitative estimate of drug-likeness (QED) is 0.770. The Balaban J connectivity index is 2.74. The van der Waals surface area contributed by atoms with Gasteiger partial charge in [0.15, 0.2) is 0 Å². The molecule has 0 aliphatic rings. The molecule has 0 fully saturated rings. The molecule has 0 bridgehead atoms. The van der Waals surface area contributed by atoms with Crippen molar-refractivity contribution in [3.05, 3.63) is 28.8 Å². The van der Waals surface area contributed by atoms with Crippen LogP contribution < -0.4 is 4.74 Å². The lowest BCUT2D eigenvalue weighted by atomic mass is 10.1. The van der Waals surface area contributed by atoms with E-state index in [-0.39, 0.29) is 6.10 Å². The van der Waals surface area contributed by atoms with Gasteiger partial charge in [-0.05, 0) is 25.0 Å². The van der Waals surface area contributed by atoms with Crippen LogP contribution in [0.25, 0.3) is 0 Å². The molecule has 16 heavy (non-hydrogen) atoms. The molecule has 1 atom stereocenters. The summed E-state index contributed by atoms with van der Waals surface area (Å²) in [7, 11) is 0. The van der Waals surface area contributed by atoms with Gasteiger partial charge in [-0.2, -0.15) is 5.26 Å². The standard InChI is InChI=1S/C13H16ClNO/c1-3-5-11(4-2)16-12-7-6-10(9-15)13(14)8-12/h6-8,11H,3-5H2,1-2H3/t11-/m0/s1. The summed E-state index contributed by atoms with van der Waals surface area (Å²) in [5.41, 5.74) is 0.484. The molecule has 1 aromatic carbocycles. The minimum atomic E-state index is 0.231. The molecule has 3 heteroatoms. The Bertz CT molecular complexity index is 384. The maximum Gasteiger partial charge on any atom is 0.121 e. The fraction of sp³-hybridized carbons (Fsp3) is 0.462. The van der Waals surface area contributed by atoms with Crippen molar-refractivity contribution in [1.29, 1.82) is 5.26 Å². The first-order valence-electron chi connectivity index (χ1n) is 5.57. The van der Waals surface area contributed by atoms with Gasteiger partial charge < -0.3 is 4.74 Å². The molecule has 0 saturated carbocycles. The third-order valence-corrected chi connectivity index (χ3v) is 2.74. The summed E-state index contributed by atoms with van der Waals surface area (Å²) in [6, 6.07) is 7.22. The van der Waals surface area contributed by atoms with Crippen LogP contribution in [-0.2, 0) is 0 Å². The molecule has 0 heterocycles. The lowest BCUT2D eigenvalue weighted by Crippen LogP contribution is -2.14. The summed E-state index contributed by atoms with van der Waals surface area (Å²) in [6.45, 7) is 4.24. The predicted octanol–water partition coefficient (Wildman–Crippen LogP) is 4.17. The average Bonchev–Trinajstić information content (AvgIpc) is 2.28. The second kappa shape index (κ2) is 6.40. The monoisotopic (exact) mass is 237 g/mol. The molecule has 0 amide bonds. The van der Waals surface area contributed by atoms with E-state index in [9.17, 15) is 0 Å². The van der Waals surface area contributed by atoms with E-state index < -0.39 is 0 Å².